The molecule has 5 atom stereocenters. The zero-order chi connectivity index (χ0) is 13.7. The maximum atomic E-state index is 11.4. The lowest BCUT2D eigenvalue weighted by molar-refractivity contribution is -0.172. The summed E-state index contributed by atoms with van der Waals surface area (Å²) in [5.41, 5.74) is 5.67. The predicted octanol–water partition coefficient (Wildman–Crippen LogP) is -1.35. The summed E-state index contributed by atoms with van der Waals surface area (Å²) in [7, 11) is 0. The molecule has 1 amide bonds. The highest BCUT2D eigenvalue weighted by molar-refractivity contribution is 7.80. The Labute approximate surface area is 112 Å². The second-order valence-electron chi connectivity index (χ2n) is 4.57. The number of nitrogens with one attached hydrogen (secondary N) is 1. The third-order valence-electron chi connectivity index (χ3n) is 3.12. The van der Waals surface area contributed by atoms with Crippen LogP contribution in [0.3, 0.4) is 0 Å². The monoisotopic (exact) mass is 278 g/mol. The number of carbonyl (C=O) groups is 1. The third kappa shape index (κ3) is 4.10. The molecule has 7 heteroatoms. The second kappa shape index (κ2) is 7.30. The summed E-state index contributed by atoms with van der Waals surface area (Å²) in [5.74, 6) is 0.539. The van der Waals surface area contributed by atoms with Crippen LogP contribution in [-0.4, -0.2) is 58.9 Å². The van der Waals surface area contributed by atoms with Crippen LogP contribution in [0.15, 0.2) is 0 Å². The van der Waals surface area contributed by atoms with Gasteiger partial charge >= 0.3 is 0 Å². The highest BCUT2D eigenvalue weighted by Gasteiger charge is 2.40. The molecule has 6 nitrogen and oxygen atoms in total. The Morgan fingerprint density at radius 1 is 1.44 bits per heavy atom. The zero-order valence-electron chi connectivity index (χ0n) is 10.5. The topological polar surface area (TPSA) is 105 Å². The fourth-order valence-corrected chi connectivity index (χ4v) is 2.04. The number of carbonyl (C=O) groups excluding carboxylic acids is 1. The first-order valence-corrected chi connectivity index (χ1v) is 6.75. The molecular formula is C11H22N2O4S. The van der Waals surface area contributed by atoms with Crippen molar-refractivity contribution in [3.05, 3.63) is 0 Å². The molecule has 1 rings (SSSR count). The van der Waals surface area contributed by atoms with Crippen molar-refractivity contribution in [1.29, 1.82) is 0 Å². The van der Waals surface area contributed by atoms with Crippen LogP contribution >= 0.6 is 12.6 Å². The Morgan fingerprint density at radius 3 is 2.72 bits per heavy atom. The highest BCUT2D eigenvalue weighted by atomic mass is 32.1. The van der Waals surface area contributed by atoms with Crippen LogP contribution in [0, 0.1) is 0 Å². The van der Waals surface area contributed by atoms with E-state index in [-0.39, 0.29) is 18.6 Å². The normalized spacial score (nSPS) is 36.4. The first kappa shape index (κ1) is 15.7. The van der Waals surface area contributed by atoms with Gasteiger partial charge in [0.05, 0.1) is 12.1 Å². The van der Waals surface area contributed by atoms with Gasteiger partial charge in [-0.2, -0.15) is 12.6 Å². The van der Waals surface area contributed by atoms with Crippen molar-refractivity contribution in [1.82, 2.24) is 5.32 Å². The molecule has 1 aliphatic rings. The van der Waals surface area contributed by atoms with E-state index in [4.69, 9.17) is 10.5 Å². The molecule has 1 aliphatic heterocycles. The first-order chi connectivity index (χ1) is 8.47. The average molecular weight is 278 g/mol. The Kier molecular flexibility index (Phi) is 6.37. The molecular weight excluding hydrogens is 256 g/mol. The van der Waals surface area contributed by atoms with Gasteiger partial charge in [-0.3, -0.25) is 4.79 Å². The molecule has 5 N–H and O–H groups in total. The molecule has 1 saturated heterocycles. The van der Waals surface area contributed by atoms with E-state index in [2.05, 4.69) is 17.9 Å². The Bertz CT molecular complexity index is 280. The second-order valence-corrected chi connectivity index (χ2v) is 5.02. The lowest BCUT2D eigenvalue weighted by Crippen LogP contribution is -2.62. The molecule has 1 fully saturated rings. The van der Waals surface area contributed by atoms with Crippen LogP contribution in [0.4, 0.5) is 0 Å². The Balaban J connectivity index is 2.39. The lowest BCUT2D eigenvalue weighted by atomic mass is 9.94. The van der Waals surface area contributed by atoms with Crippen LogP contribution in [0.2, 0.25) is 0 Å². The molecule has 0 aromatic heterocycles. The van der Waals surface area contributed by atoms with Crippen molar-refractivity contribution in [2.45, 2.75) is 50.2 Å². The van der Waals surface area contributed by atoms with Gasteiger partial charge in [-0.15, -0.1) is 0 Å². The molecule has 1 heterocycles. The number of amides is 1. The first-order valence-electron chi connectivity index (χ1n) is 6.12. The van der Waals surface area contributed by atoms with Crippen molar-refractivity contribution in [3.8, 4) is 0 Å². The molecule has 0 aliphatic carbocycles. The number of nitrogens with two attached hydrogens (primary N) is 1. The number of hydrogen-bond donors (Lipinski definition) is 5. The molecule has 0 spiro atoms. The minimum atomic E-state index is -1.08. The summed E-state index contributed by atoms with van der Waals surface area (Å²) in [4.78, 5) is 11.4. The van der Waals surface area contributed by atoms with Crippen LogP contribution in [0.1, 0.15) is 19.8 Å². The summed E-state index contributed by atoms with van der Waals surface area (Å²) < 4.78 is 5.47. The minimum Gasteiger partial charge on any atom is -0.389 e. The maximum Gasteiger partial charge on any atom is 0.220 e. The van der Waals surface area contributed by atoms with E-state index in [0.29, 0.717) is 18.6 Å². The fraction of sp³-hybridized carbons (Fsp3) is 0.909. The minimum absolute atomic E-state index is 0.114. The SMILES string of the molecule is CC1OC(CNC(=O)CCCS)C(O)C(O)C1N. The molecule has 106 valence electrons. The quantitative estimate of drug-likeness (QED) is 0.400. The van der Waals surface area contributed by atoms with Crippen molar-refractivity contribution in [2.75, 3.05) is 12.3 Å². The van der Waals surface area contributed by atoms with Gasteiger partial charge in [-0.25, -0.2) is 0 Å². The van der Waals surface area contributed by atoms with Crippen LogP contribution < -0.4 is 11.1 Å². The third-order valence-corrected chi connectivity index (χ3v) is 3.44. The number of aliphatic hydroxyl groups excluding tert-OH is 2. The molecule has 0 saturated carbocycles. The molecule has 0 radical (unpaired) electrons. The van der Waals surface area contributed by atoms with Crippen molar-refractivity contribution >= 4 is 18.5 Å². The van der Waals surface area contributed by atoms with Gasteiger partial charge in [0, 0.05) is 13.0 Å². The Morgan fingerprint density at radius 2 is 2.11 bits per heavy atom. The number of aliphatic hydroxyl groups is 2. The van der Waals surface area contributed by atoms with E-state index in [1.165, 1.54) is 0 Å². The molecule has 18 heavy (non-hydrogen) atoms. The van der Waals surface area contributed by atoms with Gasteiger partial charge in [0.25, 0.3) is 0 Å². The van der Waals surface area contributed by atoms with Gasteiger partial charge in [0.15, 0.2) is 0 Å². The van der Waals surface area contributed by atoms with E-state index < -0.39 is 24.4 Å². The smallest absolute Gasteiger partial charge is 0.220 e. The van der Waals surface area contributed by atoms with E-state index in [1.807, 2.05) is 0 Å². The number of rotatable bonds is 5. The summed E-state index contributed by atoms with van der Waals surface area (Å²) in [5, 5.41) is 22.2. The maximum absolute atomic E-state index is 11.4. The van der Waals surface area contributed by atoms with Crippen LogP contribution in [0.25, 0.3) is 0 Å². The Hall–Kier alpha value is -0.340. The summed E-state index contributed by atoms with van der Waals surface area (Å²) in [6.45, 7) is 1.90. The van der Waals surface area contributed by atoms with Gasteiger partial charge in [0.1, 0.15) is 18.3 Å². The fourth-order valence-electron chi connectivity index (χ4n) is 1.88. The van der Waals surface area contributed by atoms with Crippen molar-refractivity contribution < 1.29 is 19.7 Å². The summed E-state index contributed by atoms with van der Waals surface area (Å²) in [6.07, 6.45) is -2.01. The van der Waals surface area contributed by atoms with E-state index in [0.717, 1.165) is 0 Å². The van der Waals surface area contributed by atoms with Gasteiger partial charge < -0.3 is 26.0 Å². The van der Waals surface area contributed by atoms with Gasteiger partial charge in [-0.1, -0.05) is 0 Å². The highest BCUT2D eigenvalue weighted by Crippen LogP contribution is 2.19. The van der Waals surface area contributed by atoms with Crippen molar-refractivity contribution in [3.63, 3.8) is 0 Å². The zero-order valence-corrected chi connectivity index (χ0v) is 11.3. The van der Waals surface area contributed by atoms with E-state index in [9.17, 15) is 15.0 Å². The largest absolute Gasteiger partial charge is 0.389 e. The van der Waals surface area contributed by atoms with Crippen LogP contribution in [-0.2, 0) is 9.53 Å². The standard InChI is InChI=1S/C11H22N2O4S/c1-6-9(12)11(16)10(15)7(17-6)5-13-8(14)3-2-4-18/h6-7,9-11,15-16,18H,2-5,12H2,1H3,(H,13,14). The molecule has 0 bridgehead atoms. The van der Waals surface area contributed by atoms with Crippen molar-refractivity contribution in [2.24, 2.45) is 5.73 Å². The van der Waals surface area contributed by atoms with E-state index in [1.54, 1.807) is 6.92 Å². The molecule has 5 unspecified atom stereocenters. The molecule has 0 aromatic carbocycles. The van der Waals surface area contributed by atoms with Gasteiger partial charge in [-0.05, 0) is 19.1 Å². The number of thiol groups is 1. The average Bonchev–Trinajstić information content (AvgIpc) is 2.36. The predicted molar refractivity (Wildman–Crippen MR) is 70.4 cm³/mol. The summed E-state index contributed by atoms with van der Waals surface area (Å²) >= 11 is 4.02. The number of hydrogen-bond acceptors (Lipinski definition) is 6. The molecule has 0 aromatic rings. The lowest BCUT2D eigenvalue weighted by Gasteiger charge is -2.40. The summed E-state index contributed by atoms with van der Waals surface area (Å²) in [6, 6.07) is -0.615. The van der Waals surface area contributed by atoms with Crippen LogP contribution in [0.5, 0.6) is 0 Å². The number of ether oxygens (including phenoxy) is 1. The van der Waals surface area contributed by atoms with E-state index >= 15 is 0 Å². The van der Waals surface area contributed by atoms with Gasteiger partial charge in [0.2, 0.25) is 5.91 Å².